The summed E-state index contributed by atoms with van der Waals surface area (Å²) in [5.41, 5.74) is 1.33. The van der Waals surface area contributed by atoms with E-state index in [0.717, 1.165) is 5.69 Å². The smallest absolute Gasteiger partial charge is 0.266 e. The summed E-state index contributed by atoms with van der Waals surface area (Å²) in [4.78, 5) is 17.2. The van der Waals surface area contributed by atoms with E-state index in [9.17, 15) is 4.79 Å². The highest BCUT2D eigenvalue weighted by atomic mass is 16.5. The third kappa shape index (κ3) is 1.86. The zero-order valence-corrected chi connectivity index (χ0v) is 11.3. The second-order valence-electron chi connectivity index (χ2n) is 4.49. The SMILES string of the molecule is COc1cccc2c(=O)n(-c3ccccc3)c(C)nc12. The van der Waals surface area contributed by atoms with E-state index in [1.165, 1.54) is 0 Å². The van der Waals surface area contributed by atoms with Gasteiger partial charge in [-0.05, 0) is 31.2 Å². The zero-order valence-electron chi connectivity index (χ0n) is 11.3. The summed E-state index contributed by atoms with van der Waals surface area (Å²) in [5.74, 6) is 1.25. The molecule has 20 heavy (non-hydrogen) atoms. The number of methoxy groups -OCH3 is 1. The molecule has 0 saturated carbocycles. The Kier molecular flexibility index (Phi) is 2.99. The molecule has 2 aromatic carbocycles. The van der Waals surface area contributed by atoms with E-state index in [1.54, 1.807) is 29.9 Å². The molecule has 1 aromatic heterocycles. The number of benzene rings is 2. The van der Waals surface area contributed by atoms with Gasteiger partial charge in [0.25, 0.3) is 5.56 Å². The number of rotatable bonds is 2. The Morgan fingerprint density at radius 2 is 1.80 bits per heavy atom. The molecule has 3 aromatic rings. The summed E-state index contributed by atoms with van der Waals surface area (Å²) in [6.07, 6.45) is 0. The molecule has 0 unspecified atom stereocenters. The van der Waals surface area contributed by atoms with Gasteiger partial charge < -0.3 is 4.74 Å². The number of nitrogens with zero attached hydrogens (tertiary/aromatic N) is 2. The Morgan fingerprint density at radius 3 is 2.50 bits per heavy atom. The first-order chi connectivity index (χ1) is 9.72. The van der Waals surface area contributed by atoms with Gasteiger partial charge in [-0.2, -0.15) is 0 Å². The molecule has 0 atom stereocenters. The number of para-hydroxylation sites is 2. The average Bonchev–Trinajstić information content (AvgIpc) is 2.48. The van der Waals surface area contributed by atoms with Crippen molar-refractivity contribution in [2.75, 3.05) is 7.11 Å². The molecule has 0 spiro atoms. The Balaban J connectivity index is 2.40. The number of aryl methyl sites for hydroxylation is 1. The maximum atomic E-state index is 12.7. The van der Waals surface area contributed by atoms with E-state index in [4.69, 9.17) is 4.74 Å². The fourth-order valence-electron chi connectivity index (χ4n) is 2.34. The summed E-state index contributed by atoms with van der Waals surface area (Å²) in [7, 11) is 1.58. The lowest BCUT2D eigenvalue weighted by Gasteiger charge is -2.12. The normalized spacial score (nSPS) is 10.7. The van der Waals surface area contributed by atoms with Gasteiger partial charge in [0, 0.05) is 0 Å². The second kappa shape index (κ2) is 4.81. The van der Waals surface area contributed by atoms with Crippen LogP contribution in [0.5, 0.6) is 5.75 Å². The van der Waals surface area contributed by atoms with E-state index in [2.05, 4.69) is 4.98 Å². The van der Waals surface area contributed by atoms with Crippen LogP contribution in [0.4, 0.5) is 0 Å². The van der Waals surface area contributed by atoms with Gasteiger partial charge in [-0.1, -0.05) is 24.3 Å². The number of aromatic nitrogens is 2. The molecule has 4 nitrogen and oxygen atoms in total. The van der Waals surface area contributed by atoms with Gasteiger partial charge in [0.2, 0.25) is 0 Å². The van der Waals surface area contributed by atoms with Gasteiger partial charge in [-0.15, -0.1) is 0 Å². The average molecular weight is 266 g/mol. The first-order valence-electron chi connectivity index (χ1n) is 6.34. The molecule has 0 aliphatic rings. The predicted molar refractivity (Wildman–Crippen MR) is 78.6 cm³/mol. The molecule has 0 saturated heterocycles. The molecule has 100 valence electrons. The number of hydrogen-bond donors (Lipinski definition) is 0. The first-order valence-corrected chi connectivity index (χ1v) is 6.34. The first kappa shape index (κ1) is 12.4. The van der Waals surface area contributed by atoms with Gasteiger partial charge in [0.1, 0.15) is 17.1 Å². The molecule has 0 bridgehead atoms. The number of fused-ring (bicyclic) bond motifs is 1. The fourth-order valence-corrected chi connectivity index (χ4v) is 2.34. The van der Waals surface area contributed by atoms with E-state index < -0.39 is 0 Å². The van der Waals surface area contributed by atoms with Crippen LogP contribution in [0.15, 0.2) is 53.3 Å². The molecule has 1 heterocycles. The maximum Gasteiger partial charge on any atom is 0.266 e. The minimum atomic E-state index is -0.0856. The molecular formula is C16H14N2O2. The van der Waals surface area contributed by atoms with E-state index >= 15 is 0 Å². The summed E-state index contributed by atoms with van der Waals surface area (Å²) >= 11 is 0. The minimum absolute atomic E-state index is 0.0856. The Morgan fingerprint density at radius 1 is 1.05 bits per heavy atom. The summed E-state index contributed by atoms with van der Waals surface area (Å²) in [6.45, 7) is 1.82. The molecular weight excluding hydrogens is 252 g/mol. The largest absolute Gasteiger partial charge is 0.494 e. The summed E-state index contributed by atoms with van der Waals surface area (Å²) in [6, 6.07) is 14.9. The third-order valence-electron chi connectivity index (χ3n) is 3.26. The lowest BCUT2D eigenvalue weighted by molar-refractivity contribution is 0.418. The zero-order chi connectivity index (χ0) is 14.1. The highest BCUT2D eigenvalue weighted by molar-refractivity contribution is 5.84. The van der Waals surface area contributed by atoms with E-state index in [0.29, 0.717) is 22.5 Å². The van der Waals surface area contributed by atoms with Gasteiger partial charge in [0.05, 0.1) is 18.2 Å². The van der Waals surface area contributed by atoms with Crippen molar-refractivity contribution in [2.24, 2.45) is 0 Å². The third-order valence-corrected chi connectivity index (χ3v) is 3.26. The van der Waals surface area contributed by atoms with Crippen LogP contribution in [0.25, 0.3) is 16.6 Å². The van der Waals surface area contributed by atoms with Gasteiger partial charge in [-0.25, -0.2) is 4.98 Å². The summed E-state index contributed by atoms with van der Waals surface area (Å²) in [5, 5.41) is 0.554. The number of hydrogen-bond acceptors (Lipinski definition) is 3. The van der Waals surface area contributed by atoms with Crippen molar-refractivity contribution >= 4 is 10.9 Å². The molecule has 0 aliphatic carbocycles. The van der Waals surface area contributed by atoms with Crippen molar-refractivity contribution in [3.8, 4) is 11.4 Å². The van der Waals surface area contributed by atoms with Gasteiger partial charge >= 0.3 is 0 Å². The molecule has 0 fully saturated rings. The van der Waals surface area contributed by atoms with Crippen LogP contribution in [-0.2, 0) is 0 Å². The van der Waals surface area contributed by atoms with Crippen LogP contribution < -0.4 is 10.3 Å². The van der Waals surface area contributed by atoms with Crippen molar-refractivity contribution in [1.29, 1.82) is 0 Å². The van der Waals surface area contributed by atoms with Crippen molar-refractivity contribution in [3.63, 3.8) is 0 Å². The van der Waals surface area contributed by atoms with E-state index in [-0.39, 0.29) is 5.56 Å². The molecule has 0 amide bonds. The fraction of sp³-hybridized carbons (Fsp3) is 0.125. The molecule has 0 radical (unpaired) electrons. The van der Waals surface area contributed by atoms with Crippen LogP contribution >= 0.6 is 0 Å². The van der Waals surface area contributed by atoms with Crippen molar-refractivity contribution in [3.05, 3.63) is 64.7 Å². The molecule has 4 heteroatoms. The highest BCUT2D eigenvalue weighted by Gasteiger charge is 2.12. The van der Waals surface area contributed by atoms with Crippen molar-refractivity contribution in [1.82, 2.24) is 9.55 Å². The standard InChI is InChI=1S/C16H14N2O2/c1-11-17-15-13(9-6-10-14(15)20-2)16(19)18(11)12-7-4-3-5-8-12/h3-10H,1-2H3. The van der Waals surface area contributed by atoms with Crippen LogP contribution in [0.2, 0.25) is 0 Å². The van der Waals surface area contributed by atoms with Crippen LogP contribution in [0.1, 0.15) is 5.82 Å². The molecule has 0 N–H and O–H groups in total. The van der Waals surface area contributed by atoms with Crippen molar-refractivity contribution in [2.45, 2.75) is 6.92 Å². The van der Waals surface area contributed by atoms with E-state index in [1.807, 2.05) is 37.3 Å². The van der Waals surface area contributed by atoms with Crippen LogP contribution in [-0.4, -0.2) is 16.7 Å². The lowest BCUT2D eigenvalue weighted by atomic mass is 10.2. The van der Waals surface area contributed by atoms with Crippen molar-refractivity contribution < 1.29 is 4.74 Å². The second-order valence-corrected chi connectivity index (χ2v) is 4.49. The van der Waals surface area contributed by atoms with Crippen LogP contribution in [0.3, 0.4) is 0 Å². The maximum absolute atomic E-state index is 12.7. The lowest BCUT2D eigenvalue weighted by Crippen LogP contribution is -2.22. The Hall–Kier alpha value is -2.62. The topological polar surface area (TPSA) is 44.1 Å². The van der Waals surface area contributed by atoms with Crippen LogP contribution in [0, 0.1) is 6.92 Å². The quantitative estimate of drug-likeness (QED) is 0.716. The van der Waals surface area contributed by atoms with Gasteiger partial charge in [0.15, 0.2) is 0 Å². The minimum Gasteiger partial charge on any atom is -0.494 e. The Bertz CT molecular complexity index is 823. The summed E-state index contributed by atoms with van der Waals surface area (Å²) < 4.78 is 6.89. The number of ether oxygens (including phenoxy) is 1. The monoisotopic (exact) mass is 266 g/mol. The molecule has 3 rings (SSSR count). The van der Waals surface area contributed by atoms with Gasteiger partial charge in [-0.3, -0.25) is 9.36 Å². The highest BCUT2D eigenvalue weighted by Crippen LogP contribution is 2.22. The Labute approximate surface area is 116 Å². The molecule has 0 aliphatic heterocycles. The predicted octanol–water partition coefficient (Wildman–Crippen LogP) is 2.70.